The van der Waals surface area contributed by atoms with E-state index in [1.807, 2.05) is 6.07 Å². The van der Waals surface area contributed by atoms with Crippen molar-refractivity contribution in [3.05, 3.63) is 105 Å². The number of aromatic amines is 1. The van der Waals surface area contributed by atoms with Crippen LogP contribution in [0.25, 0.3) is 27.8 Å². The highest BCUT2D eigenvalue weighted by Gasteiger charge is 2.28. The second-order valence-electron chi connectivity index (χ2n) is 10.6. The fourth-order valence-electron chi connectivity index (χ4n) is 5.98. The van der Waals surface area contributed by atoms with Gasteiger partial charge in [0.15, 0.2) is 0 Å². The van der Waals surface area contributed by atoms with E-state index in [0.717, 1.165) is 43.9 Å². The third kappa shape index (κ3) is 4.36. The number of aryl methyl sites for hydroxylation is 4. The average Bonchev–Trinajstić information content (AvgIpc) is 3.49. The van der Waals surface area contributed by atoms with Crippen LogP contribution >= 0.6 is 11.6 Å². The predicted molar refractivity (Wildman–Crippen MR) is 158 cm³/mol. The molecular weight excluding hydrogens is 488 g/mol. The summed E-state index contributed by atoms with van der Waals surface area (Å²) >= 11 is 6.61. The monoisotopic (exact) mass is 522 g/mol. The van der Waals surface area contributed by atoms with Crippen LogP contribution in [0.15, 0.2) is 60.8 Å². The minimum Gasteiger partial charge on any atom is -0.361 e. The molecule has 0 radical (unpaired) electrons. The normalized spacial score (nSPS) is 13.8. The third-order valence-corrected chi connectivity index (χ3v) is 8.42. The molecule has 0 unspecified atom stereocenters. The van der Waals surface area contributed by atoms with Gasteiger partial charge in [-0.3, -0.25) is 4.90 Å². The summed E-state index contributed by atoms with van der Waals surface area (Å²) in [4.78, 5) is 5.93. The van der Waals surface area contributed by atoms with Gasteiger partial charge in [-0.15, -0.1) is 0 Å². The smallest absolute Gasteiger partial charge is 0.0789 e. The van der Waals surface area contributed by atoms with Gasteiger partial charge in [0.2, 0.25) is 0 Å². The molecule has 0 bridgehead atoms. The quantitative estimate of drug-likeness (QED) is 0.245. The molecule has 5 heteroatoms. The van der Waals surface area contributed by atoms with E-state index >= 15 is 0 Å². The Hall–Kier alpha value is -3.34. The van der Waals surface area contributed by atoms with Crippen LogP contribution in [0.2, 0.25) is 5.02 Å². The van der Waals surface area contributed by atoms with E-state index in [1.54, 1.807) is 0 Å². The number of hydrogen-bond donors (Lipinski definition) is 1. The van der Waals surface area contributed by atoms with Gasteiger partial charge in [0.05, 0.1) is 17.1 Å². The van der Waals surface area contributed by atoms with Crippen LogP contribution in [0.1, 0.15) is 52.9 Å². The molecular formula is C33H35ClN4. The van der Waals surface area contributed by atoms with Gasteiger partial charge in [0.25, 0.3) is 0 Å². The van der Waals surface area contributed by atoms with Crippen LogP contribution in [0.5, 0.6) is 0 Å². The van der Waals surface area contributed by atoms with E-state index in [4.69, 9.17) is 16.7 Å². The first-order chi connectivity index (χ1) is 18.5. The van der Waals surface area contributed by atoms with E-state index < -0.39 is 0 Å². The average molecular weight is 523 g/mol. The summed E-state index contributed by atoms with van der Waals surface area (Å²) in [6.07, 6.45) is 4.97. The van der Waals surface area contributed by atoms with Gasteiger partial charge in [-0.05, 0) is 67.1 Å². The molecule has 0 aliphatic carbocycles. The minimum atomic E-state index is 0.840. The van der Waals surface area contributed by atoms with Crippen molar-refractivity contribution in [2.24, 2.45) is 0 Å². The van der Waals surface area contributed by atoms with E-state index in [2.05, 4.69) is 97.0 Å². The number of rotatable bonds is 6. The molecule has 0 saturated carbocycles. The molecule has 1 aliphatic rings. The summed E-state index contributed by atoms with van der Waals surface area (Å²) in [6, 6.07) is 19.8. The molecule has 0 saturated heterocycles. The highest BCUT2D eigenvalue weighted by Crippen LogP contribution is 2.37. The Labute approximate surface area is 230 Å². The molecule has 0 fully saturated rings. The number of para-hydroxylation sites is 1. The molecule has 0 spiro atoms. The van der Waals surface area contributed by atoms with Crippen LogP contribution in [-0.2, 0) is 32.4 Å². The van der Waals surface area contributed by atoms with Gasteiger partial charge in [-0.25, -0.2) is 4.68 Å². The topological polar surface area (TPSA) is 36.9 Å². The molecule has 194 valence electrons. The number of benzene rings is 3. The molecule has 1 N–H and O–H groups in total. The molecule has 0 amide bonds. The Morgan fingerprint density at radius 2 is 1.74 bits per heavy atom. The second kappa shape index (κ2) is 10.1. The highest BCUT2D eigenvalue weighted by atomic mass is 35.5. The summed E-state index contributed by atoms with van der Waals surface area (Å²) in [5, 5.41) is 7.44. The lowest BCUT2D eigenvalue weighted by Crippen LogP contribution is -2.30. The number of nitrogens with zero attached hydrogens (tertiary/aromatic N) is 3. The summed E-state index contributed by atoms with van der Waals surface area (Å²) in [5.74, 6) is 0. The number of halogens is 1. The maximum atomic E-state index is 6.61. The fourth-order valence-corrected chi connectivity index (χ4v) is 6.16. The highest BCUT2D eigenvalue weighted by molar-refractivity contribution is 6.31. The molecule has 4 nitrogen and oxygen atoms in total. The minimum absolute atomic E-state index is 0.840. The van der Waals surface area contributed by atoms with E-state index in [0.29, 0.717) is 0 Å². The fraction of sp³-hybridized carbons (Fsp3) is 0.303. The van der Waals surface area contributed by atoms with Gasteiger partial charge in [0.1, 0.15) is 0 Å². The van der Waals surface area contributed by atoms with Crippen molar-refractivity contribution < 1.29 is 0 Å². The van der Waals surface area contributed by atoms with Gasteiger partial charge in [-0.2, -0.15) is 5.10 Å². The van der Waals surface area contributed by atoms with Crippen molar-refractivity contribution in [1.29, 1.82) is 0 Å². The number of H-pyrrole nitrogens is 1. The maximum Gasteiger partial charge on any atom is 0.0789 e. The van der Waals surface area contributed by atoms with Crippen molar-refractivity contribution in [3.8, 4) is 16.9 Å². The number of hydrogen-bond acceptors (Lipinski definition) is 2. The zero-order valence-corrected chi connectivity index (χ0v) is 23.5. The molecule has 2 aromatic heterocycles. The first-order valence-corrected chi connectivity index (χ1v) is 14.1. The maximum absolute atomic E-state index is 6.61. The summed E-state index contributed by atoms with van der Waals surface area (Å²) < 4.78 is 2.27. The standard InChI is InChI=1S/C33H35ClN4/c1-5-23-8-7-9-24(6-2)32(23)38-33(25-11-13-30-27(17-25)22(4)18-35-30)28-20-37(15-14-31(28)36-38)19-26-16-21(3)10-12-29(26)34/h7-13,16-18,35H,5-6,14-15,19-20H2,1-4H3. The number of fused-ring (bicyclic) bond motifs is 2. The van der Waals surface area contributed by atoms with Gasteiger partial charge < -0.3 is 4.98 Å². The summed E-state index contributed by atoms with van der Waals surface area (Å²) in [7, 11) is 0. The van der Waals surface area contributed by atoms with Crippen molar-refractivity contribution in [2.75, 3.05) is 6.54 Å². The van der Waals surface area contributed by atoms with Crippen molar-refractivity contribution in [1.82, 2.24) is 19.7 Å². The second-order valence-corrected chi connectivity index (χ2v) is 11.0. The Morgan fingerprint density at radius 3 is 2.50 bits per heavy atom. The lowest BCUT2D eigenvalue weighted by atomic mass is 9.97. The van der Waals surface area contributed by atoms with Crippen LogP contribution < -0.4 is 0 Å². The van der Waals surface area contributed by atoms with Gasteiger partial charge >= 0.3 is 0 Å². The zero-order chi connectivity index (χ0) is 26.4. The summed E-state index contributed by atoms with van der Waals surface area (Å²) in [6.45, 7) is 11.4. The van der Waals surface area contributed by atoms with E-state index in [1.165, 1.54) is 66.9 Å². The Balaban J connectivity index is 1.52. The Kier molecular flexibility index (Phi) is 6.63. The molecule has 0 atom stereocenters. The molecule has 3 aromatic carbocycles. The van der Waals surface area contributed by atoms with Crippen molar-refractivity contribution >= 4 is 22.5 Å². The molecule has 1 aliphatic heterocycles. The number of nitrogens with one attached hydrogen (secondary N) is 1. The predicted octanol–water partition coefficient (Wildman–Crippen LogP) is 7.97. The largest absolute Gasteiger partial charge is 0.361 e. The lowest BCUT2D eigenvalue weighted by molar-refractivity contribution is 0.245. The van der Waals surface area contributed by atoms with E-state index in [-0.39, 0.29) is 0 Å². The molecule has 38 heavy (non-hydrogen) atoms. The first kappa shape index (κ1) is 25.0. The van der Waals surface area contributed by atoms with Gasteiger partial charge in [-0.1, -0.05) is 67.4 Å². The van der Waals surface area contributed by atoms with E-state index in [9.17, 15) is 0 Å². The zero-order valence-electron chi connectivity index (χ0n) is 22.7. The number of aromatic nitrogens is 3. The van der Waals surface area contributed by atoms with Crippen molar-refractivity contribution in [2.45, 2.75) is 60.0 Å². The molecule has 3 heterocycles. The van der Waals surface area contributed by atoms with Crippen LogP contribution in [0, 0.1) is 13.8 Å². The van der Waals surface area contributed by atoms with Crippen LogP contribution in [0.4, 0.5) is 0 Å². The van der Waals surface area contributed by atoms with Gasteiger partial charge in [0, 0.05) is 59.3 Å². The Morgan fingerprint density at radius 1 is 0.947 bits per heavy atom. The van der Waals surface area contributed by atoms with Crippen LogP contribution in [-0.4, -0.2) is 26.2 Å². The molecule has 5 aromatic rings. The Bertz CT molecular complexity index is 1620. The van der Waals surface area contributed by atoms with Crippen LogP contribution in [0.3, 0.4) is 0 Å². The third-order valence-electron chi connectivity index (χ3n) is 8.05. The summed E-state index contributed by atoms with van der Waals surface area (Å²) in [5.41, 5.74) is 13.8. The SMILES string of the molecule is CCc1cccc(CC)c1-n1nc2c(c1-c1ccc3[nH]cc(C)c3c1)CN(Cc1cc(C)ccc1Cl)CC2. The van der Waals surface area contributed by atoms with Crippen molar-refractivity contribution in [3.63, 3.8) is 0 Å². The molecule has 6 rings (SSSR count). The lowest BCUT2D eigenvalue weighted by Gasteiger charge is -2.27. The first-order valence-electron chi connectivity index (χ1n) is 13.7.